The monoisotopic (exact) mass is 235 g/mol. The predicted molar refractivity (Wildman–Crippen MR) is 64.2 cm³/mol. The average Bonchev–Trinajstić information content (AvgIpc) is 2.25. The molecule has 0 aliphatic carbocycles. The number of hydroxylamine groups is 1. The zero-order valence-corrected chi connectivity index (χ0v) is 10.5. The van der Waals surface area contributed by atoms with Gasteiger partial charge in [-0.2, -0.15) is 5.48 Å². The molecule has 0 saturated carbocycles. The summed E-state index contributed by atoms with van der Waals surface area (Å²) in [6.45, 7) is 7.08. The molecule has 0 atom stereocenters. The highest BCUT2D eigenvalue weighted by Crippen LogP contribution is 2.14. The topological polar surface area (TPSA) is 55.4 Å². The lowest BCUT2D eigenvalue weighted by Crippen LogP contribution is -2.33. The standard InChI is InChI=1S/C13H17NO3/c1-9-5-7-10(8-6-9)11(15)14-17-12(16)13(2,3)4/h5-8H,1-4H3,(H,14,15). The van der Waals surface area contributed by atoms with Gasteiger partial charge in [0.1, 0.15) is 0 Å². The van der Waals surface area contributed by atoms with E-state index in [1.54, 1.807) is 32.9 Å². The summed E-state index contributed by atoms with van der Waals surface area (Å²) >= 11 is 0. The lowest BCUT2D eigenvalue weighted by molar-refractivity contribution is -0.158. The van der Waals surface area contributed by atoms with Crippen molar-refractivity contribution >= 4 is 11.9 Å². The van der Waals surface area contributed by atoms with Crippen LogP contribution in [0, 0.1) is 12.3 Å². The first-order valence-electron chi connectivity index (χ1n) is 5.39. The first-order valence-corrected chi connectivity index (χ1v) is 5.39. The fourth-order valence-corrected chi connectivity index (χ4v) is 1.01. The summed E-state index contributed by atoms with van der Waals surface area (Å²) in [6, 6.07) is 6.99. The van der Waals surface area contributed by atoms with E-state index in [0.29, 0.717) is 5.56 Å². The summed E-state index contributed by atoms with van der Waals surface area (Å²) in [7, 11) is 0. The van der Waals surface area contributed by atoms with Crippen LogP contribution in [0.4, 0.5) is 0 Å². The molecular weight excluding hydrogens is 218 g/mol. The first-order chi connectivity index (χ1) is 7.80. The molecule has 0 saturated heterocycles. The number of amides is 1. The van der Waals surface area contributed by atoms with Gasteiger partial charge >= 0.3 is 5.97 Å². The van der Waals surface area contributed by atoms with E-state index in [-0.39, 0.29) is 0 Å². The molecule has 0 aliphatic rings. The molecule has 1 aromatic rings. The number of rotatable bonds is 1. The van der Waals surface area contributed by atoms with Crippen LogP contribution in [0.15, 0.2) is 24.3 Å². The molecule has 0 spiro atoms. The van der Waals surface area contributed by atoms with Crippen LogP contribution in [0.25, 0.3) is 0 Å². The second kappa shape index (κ2) is 4.99. The molecule has 0 aliphatic heterocycles. The van der Waals surface area contributed by atoms with Crippen molar-refractivity contribution in [2.75, 3.05) is 0 Å². The third kappa shape index (κ3) is 3.90. The summed E-state index contributed by atoms with van der Waals surface area (Å²) < 4.78 is 0. The Labute approximate surface area is 101 Å². The van der Waals surface area contributed by atoms with Gasteiger partial charge in [-0.3, -0.25) is 4.79 Å². The highest BCUT2D eigenvalue weighted by molar-refractivity contribution is 5.94. The number of nitrogens with one attached hydrogen (secondary N) is 1. The average molecular weight is 235 g/mol. The molecule has 1 rings (SSSR count). The first kappa shape index (κ1) is 13.2. The molecule has 1 N–H and O–H groups in total. The second-order valence-corrected chi connectivity index (χ2v) is 4.94. The van der Waals surface area contributed by atoms with Crippen molar-refractivity contribution in [3.63, 3.8) is 0 Å². The summed E-state index contributed by atoms with van der Waals surface area (Å²) in [6.07, 6.45) is 0. The largest absolute Gasteiger partial charge is 0.340 e. The van der Waals surface area contributed by atoms with Gasteiger partial charge in [-0.1, -0.05) is 17.7 Å². The predicted octanol–water partition coefficient (Wildman–Crippen LogP) is 2.23. The summed E-state index contributed by atoms with van der Waals surface area (Å²) in [5, 5.41) is 0. The van der Waals surface area contributed by atoms with Crippen LogP contribution in [-0.2, 0) is 9.63 Å². The zero-order valence-electron chi connectivity index (χ0n) is 10.5. The van der Waals surface area contributed by atoms with E-state index in [9.17, 15) is 9.59 Å². The Morgan fingerprint density at radius 2 is 1.65 bits per heavy atom. The molecular formula is C13H17NO3. The van der Waals surface area contributed by atoms with Crippen LogP contribution in [0.1, 0.15) is 36.7 Å². The minimum absolute atomic E-state index is 0.428. The minimum atomic E-state index is -0.638. The van der Waals surface area contributed by atoms with Crippen LogP contribution in [0.2, 0.25) is 0 Å². The highest BCUT2D eigenvalue weighted by atomic mass is 16.7. The Morgan fingerprint density at radius 1 is 1.12 bits per heavy atom. The van der Waals surface area contributed by atoms with Crippen LogP contribution in [0.3, 0.4) is 0 Å². The fraction of sp³-hybridized carbons (Fsp3) is 0.385. The molecule has 0 aromatic heterocycles. The molecule has 92 valence electrons. The number of benzene rings is 1. The van der Waals surface area contributed by atoms with Gasteiger partial charge in [0.15, 0.2) is 0 Å². The van der Waals surface area contributed by atoms with Crippen LogP contribution < -0.4 is 5.48 Å². The van der Waals surface area contributed by atoms with E-state index in [1.165, 1.54) is 0 Å². The van der Waals surface area contributed by atoms with E-state index in [4.69, 9.17) is 4.84 Å². The van der Waals surface area contributed by atoms with Gasteiger partial charge in [-0.25, -0.2) is 4.79 Å². The Bertz CT molecular complexity index is 415. The van der Waals surface area contributed by atoms with E-state index in [1.807, 2.05) is 19.1 Å². The molecule has 1 amide bonds. The van der Waals surface area contributed by atoms with Crippen molar-refractivity contribution in [3.8, 4) is 0 Å². The third-order valence-corrected chi connectivity index (χ3v) is 2.16. The molecule has 17 heavy (non-hydrogen) atoms. The summed E-state index contributed by atoms with van der Waals surface area (Å²) in [5.74, 6) is -0.902. The number of carbonyl (C=O) groups excluding carboxylic acids is 2. The molecule has 0 heterocycles. The van der Waals surface area contributed by atoms with E-state index in [2.05, 4.69) is 5.48 Å². The fourth-order valence-electron chi connectivity index (χ4n) is 1.01. The Hall–Kier alpha value is -1.84. The van der Waals surface area contributed by atoms with Crippen molar-refractivity contribution in [2.24, 2.45) is 5.41 Å². The Morgan fingerprint density at radius 3 is 2.12 bits per heavy atom. The molecule has 0 fully saturated rings. The lowest BCUT2D eigenvalue weighted by atomic mass is 9.98. The molecule has 4 heteroatoms. The maximum Gasteiger partial charge on any atom is 0.337 e. The van der Waals surface area contributed by atoms with Crippen molar-refractivity contribution in [1.82, 2.24) is 5.48 Å². The number of carbonyl (C=O) groups is 2. The Balaban J connectivity index is 2.56. The summed E-state index contributed by atoms with van der Waals surface area (Å²) in [4.78, 5) is 27.7. The number of aryl methyl sites for hydroxylation is 1. The smallest absolute Gasteiger partial charge is 0.337 e. The van der Waals surface area contributed by atoms with Gasteiger partial charge in [0, 0.05) is 5.56 Å². The van der Waals surface area contributed by atoms with Crippen molar-refractivity contribution in [3.05, 3.63) is 35.4 Å². The Kier molecular flexibility index (Phi) is 3.89. The third-order valence-electron chi connectivity index (χ3n) is 2.16. The van der Waals surface area contributed by atoms with Crippen molar-refractivity contribution in [2.45, 2.75) is 27.7 Å². The highest BCUT2D eigenvalue weighted by Gasteiger charge is 2.24. The van der Waals surface area contributed by atoms with Crippen molar-refractivity contribution in [1.29, 1.82) is 0 Å². The zero-order chi connectivity index (χ0) is 13.1. The second-order valence-electron chi connectivity index (χ2n) is 4.94. The number of hydrogen-bond donors (Lipinski definition) is 1. The normalized spacial score (nSPS) is 10.8. The van der Waals surface area contributed by atoms with Crippen LogP contribution >= 0.6 is 0 Å². The maximum absolute atomic E-state index is 11.6. The summed E-state index contributed by atoms with van der Waals surface area (Å²) in [5.41, 5.74) is 3.02. The van der Waals surface area contributed by atoms with Gasteiger partial charge in [0.2, 0.25) is 0 Å². The van der Waals surface area contributed by atoms with Crippen LogP contribution in [0.5, 0.6) is 0 Å². The molecule has 0 unspecified atom stereocenters. The molecule has 0 radical (unpaired) electrons. The van der Waals surface area contributed by atoms with E-state index < -0.39 is 17.3 Å². The van der Waals surface area contributed by atoms with Gasteiger partial charge in [0.05, 0.1) is 5.41 Å². The van der Waals surface area contributed by atoms with Gasteiger partial charge in [0.25, 0.3) is 5.91 Å². The number of hydrogen-bond acceptors (Lipinski definition) is 3. The maximum atomic E-state index is 11.6. The molecule has 1 aromatic carbocycles. The minimum Gasteiger partial charge on any atom is -0.340 e. The van der Waals surface area contributed by atoms with Gasteiger partial charge in [-0.15, -0.1) is 0 Å². The molecule has 0 bridgehead atoms. The van der Waals surface area contributed by atoms with Gasteiger partial charge < -0.3 is 4.84 Å². The quantitative estimate of drug-likeness (QED) is 0.759. The van der Waals surface area contributed by atoms with E-state index >= 15 is 0 Å². The van der Waals surface area contributed by atoms with Crippen LogP contribution in [-0.4, -0.2) is 11.9 Å². The van der Waals surface area contributed by atoms with E-state index in [0.717, 1.165) is 5.56 Å². The van der Waals surface area contributed by atoms with Crippen molar-refractivity contribution < 1.29 is 14.4 Å². The molecule has 4 nitrogen and oxygen atoms in total. The SMILES string of the molecule is Cc1ccc(C(=O)NOC(=O)C(C)(C)C)cc1. The lowest BCUT2D eigenvalue weighted by Gasteiger charge is -2.15. The van der Waals surface area contributed by atoms with Gasteiger partial charge in [-0.05, 0) is 39.8 Å².